The number of hydrogen-bond acceptors (Lipinski definition) is 5. The first-order chi connectivity index (χ1) is 13.2. The van der Waals surface area contributed by atoms with Crippen molar-refractivity contribution in [2.75, 3.05) is 0 Å². The maximum atomic E-state index is 12.1. The highest BCUT2D eigenvalue weighted by Gasteiger charge is 2.17. The molecule has 0 aliphatic rings. The van der Waals surface area contributed by atoms with Gasteiger partial charge in [0.1, 0.15) is 5.75 Å². The van der Waals surface area contributed by atoms with Crippen LogP contribution in [0.5, 0.6) is 5.75 Å². The molecule has 4 aromatic rings. The van der Waals surface area contributed by atoms with Gasteiger partial charge in [0.05, 0.1) is 11.0 Å². The number of imidazole rings is 1. The van der Waals surface area contributed by atoms with Crippen LogP contribution in [0.3, 0.4) is 0 Å². The van der Waals surface area contributed by atoms with Gasteiger partial charge in [-0.2, -0.15) is 4.98 Å². The number of rotatable bonds is 6. The summed E-state index contributed by atoms with van der Waals surface area (Å²) in [6, 6.07) is 15.1. The van der Waals surface area contributed by atoms with Gasteiger partial charge in [0.2, 0.25) is 5.82 Å². The number of para-hydroxylation sites is 1. The second kappa shape index (κ2) is 7.11. The van der Waals surface area contributed by atoms with Crippen LogP contribution in [0.2, 0.25) is 0 Å². The van der Waals surface area contributed by atoms with E-state index in [0.29, 0.717) is 18.3 Å². The Bertz CT molecular complexity index is 1110. The van der Waals surface area contributed by atoms with E-state index in [-0.39, 0.29) is 11.8 Å². The molecule has 1 unspecified atom stereocenters. The molecule has 7 nitrogen and oxygen atoms in total. The first-order valence-electron chi connectivity index (χ1n) is 8.94. The summed E-state index contributed by atoms with van der Waals surface area (Å²) in [4.78, 5) is 19.4. The van der Waals surface area contributed by atoms with Gasteiger partial charge in [-0.3, -0.25) is 4.57 Å². The Labute approximate surface area is 155 Å². The largest absolute Gasteiger partial charge is 0.481 e. The molecule has 0 saturated carbocycles. The highest BCUT2D eigenvalue weighted by molar-refractivity contribution is 5.80. The van der Waals surface area contributed by atoms with Crippen LogP contribution in [0.15, 0.2) is 57.8 Å². The van der Waals surface area contributed by atoms with E-state index in [0.717, 1.165) is 28.8 Å². The molecule has 1 atom stereocenters. The van der Waals surface area contributed by atoms with Crippen LogP contribution < -0.4 is 10.4 Å². The third kappa shape index (κ3) is 3.36. The predicted octanol–water partition coefficient (Wildman–Crippen LogP) is 3.93. The van der Waals surface area contributed by atoms with Gasteiger partial charge in [-0.05, 0) is 43.7 Å². The molecule has 0 aliphatic carbocycles. The summed E-state index contributed by atoms with van der Waals surface area (Å²) in [6.07, 6.45) is 0.519. The Morgan fingerprint density at radius 1 is 1.22 bits per heavy atom. The lowest BCUT2D eigenvalue weighted by Crippen LogP contribution is -2.16. The molecule has 0 saturated heterocycles. The van der Waals surface area contributed by atoms with Crippen molar-refractivity contribution in [3.8, 4) is 17.1 Å². The van der Waals surface area contributed by atoms with Gasteiger partial charge in [0.15, 0.2) is 6.10 Å². The van der Waals surface area contributed by atoms with E-state index in [1.54, 1.807) is 4.57 Å². The predicted molar refractivity (Wildman–Crippen MR) is 102 cm³/mol. The molecule has 7 heteroatoms. The number of nitrogens with zero attached hydrogens (tertiary/aromatic N) is 3. The smallest absolute Gasteiger partial charge is 0.326 e. The maximum absolute atomic E-state index is 12.1. The third-order valence-electron chi connectivity index (χ3n) is 4.33. The Kier molecular flexibility index (Phi) is 4.50. The zero-order chi connectivity index (χ0) is 18.8. The Balaban J connectivity index is 1.60. The Morgan fingerprint density at radius 2 is 2.04 bits per heavy atom. The van der Waals surface area contributed by atoms with Gasteiger partial charge in [-0.1, -0.05) is 30.3 Å². The van der Waals surface area contributed by atoms with Crippen molar-refractivity contribution in [1.82, 2.24) is 19.7 Å². The highest BCUT2D eigenvalue weighted by Crippen LogP contribution is 2.24. The molecular formula is C20H20N4O3. The van der Waals surface area contributed by atoms with Gasteiger partial charge in [-0.25, -0.2) is 4.79 Å². The monoisotopic (exact) mass is 364 g/mol. The molecule has 0 amide bonds. The van der Waals surface area contributed by atoms with E-state index in [4.69, 9.17) is 9.26 Å². The molecule has 0 aliphatic heterocycles. The molecule has 0 fully saturated rings. The van der Waals surface area contributed by atoms with Gasteiger partial charge in [0, 0.05) is 12.1 Å². The average molecular weight is 364 g/mol. The van der Waals surface area contributed by atoms with Crippen molar-refractivity contribution in [2.24, 2.45) is 0 Å². The maximum Gasteiger partial charge on any atom is 0.326 e. The molecule has 1 N–H and O–H groups in total. The molecule has 0 bridgehead atoms. The molecular weight excluding hydrogens is 344 g/mol. The number of aromatic amines is 1. The molecule has 138 valence electrons. The summed E-state index contributed by atoms with van der Waals surface area (Å²) in [6.45, 7) is 4.58. The summed E-state index contributed by atoms with van der Waals surface area (Å²) in [5, 5.41) is 4.06. The van der Waals surface area contributed by atoms with Crippen molar-refractivity contribution in [3.63, 3.8) is 0 Å². The van der Waals surface area contributed by atoms with Crippen LogP contribution in [0.4, 0.5) is 0 Å². The number of nitrogens with one attached hydrogen (secondary N) is 1. The SMILES string of the molecule is CCCn1c(=O)[nH]c2cc(-c3noc(C(C)Oc4ccccc4)n3)ccc21. The van der Waals surface area contributed by atoms with E-state index in [1.165, 1.54) is 0 Å². The fraction of sp³-hybridized carbons (Fsp3) is 0.250. The quantitative estimate of drug-likeness (QED) is 0.560. The third-order valence-corrected chi connectivity index (χ3v) is 4.33. The number of aryl methyl sites for hydroxylation is 1. The summed E-state index contributed by atoms with van der Waals surface area (Å²) >= 11 is 0. The molecule has 0 radical (unpaired) electrons. The van der Waals surface area contributed by atoms with Crippen LogP contribution in [-0.4, -0.2) is 19.7 Å². The van der Waals surface area contributed by atoms with Crippen LogP contribution in [0.25, 0.3) is 22.4 Å². The zero-order valence-electron chi connectivity index (χ0n) is 15.2. The van der Waals surface area contributed by atoms with Crippen LogP contribution in [0, 0.1) is 0 Å². The number of aromatic nitrogens is 4. The second-order valence-electron chi connectivity index (χ2n) is 6.34. The molecule has 27 heavy (non-hydrogen) atoms. The highest BCUT2D eigenvalue weighted by atomic mass is 16.5. The van der Waals surface area contributed by atoms with Crippen molar-refractivity contribution in [3.05, 3.63) is 64.9 Å². The first kappa shape index (κ1) is 17.1. The number of hydrogen-bond donors (Lipinski definition) is 1. The molecule has 0 spiro atoms. The first-order valence-corrected chi connectivity index (χ1v) is 8.94. The van der Waals surface area contributed by atoms with Gasteiger partial charge in [-0.15, -0.1) is 0 Å². The molecule has 4 rings (SSSR count). The van der Waals surface area contributed by atoms with Crippen molar-refractivity contribution in [2.45, 2.75) is 32.9 Å². The van der Waals surface area contributed by atoms with E-state index in [2.05, 4.69) is 15.1 Å². The standard InChI is InChI=1S/C20H20N4O3/c1-3-11-24-17-10-9-14(12-16(17)21-20(24)25)18-22-19(27-23-18)13(2)26-15-7-5-4-6-8-15/h4-10,12-13H,3,11H2,1-2H3,(H,21,25). The van der Waals surface area contributed by atoms with Crippen molar-refractivity contribution >= 4 is 11.0 Å². The van der Waals surface area contributed by atoms with Crippen LogP contribution in [-0.2, 0) is 6.54 Å². The van der Waals surface area contributed by atoms with E-state index < -0.39 is 0 Å². The fourth-order valence-electron chi connectivity index (χ4n) is 3.02. The minimum Gasteiger partial charge on any atom is -0.481 e. The van der Waals surface area contributed by atoms with Gasteiger partial charge < -0.3 is 14.2 Å². The molecule has 2 aromatic heterocycles. The second-order valence-corrected chi connectivity index (χ2v) is 6.34. The Hall–Kier alpha value is -3.35. The number of benzene rings is 2. The lowest BCUT2D eigenvalue weighted by molar-refractivity contribution is 0.176. The lowest BCUT2D eigenvalue weighted by atomic mass is 10.2. The normalized spacial score (nSPS) is 12.4. The van der Waals surface area contributed by atoms with Gasteiger partial charge >= 0.3 is 5.69 Å². The van der Waals surface area contributed by atoms with E-state index >= 15 is 0 Å². The van der Waals surface area contributed by atoms with E-state index in [9.17, 15) is 4.79 Å². The number of fused-ring (bicyclic) bond motifs is 1. The minimum atomic E-state index is -0.372. The summed E-state index contributed by atoms with van der Waals surface area (Å²) in [5.74, 6) is 1.59. The summed E-state index contributed by atoms with van der Waals surface area (Å²) < 4.78 is 12.9. The lowest BCUT2D eigenvalue weighted by Gasteiger charge is -2.09. The summed E-state index contributed by atoms with van der Waals surface area (Å²) in [5.41, 5.74) is 2.29. The van der Waals surface area contributed by atoms with Crippen molar-refractivity contribution < 1.29 is 9.26 Å². The zero-order valence-corrected chi connectivity index (χ0v) is 15.2. The Morgan fingerprint density at radius 3 is 2.81 bits per heavy atom. The summed E-state index contributed by atoms with van der Waals surface area (Å²) in [7, 11) is 0. The van der Waals surface area contributed by atoms with Crippen molar-refractivity contribution in [1.29, 1.82) is 0 Å². The van der Waals surface area contributed by atoms with Gasteiger partial charge in [0.25, 0.3) is 5.89 Å². The molecule has 2 heterocycles. The molecule has 2 aromatic carbocycles. The average Bonchev–Trinajstić information content (AvgIpc) is 3.28. The topological polar surface area (TPSA) is 85.9 Å². The van der Waals surface area contributed by atoms with Crippen LogP contribution in [0.1, 0.15) is 32.3 Å². The van der Waals surface area contributed by atoms with E-state index in [1.807, 2.05) is 62.4 Å². The number of H-pyrrole nitrogens is 1. The fourth-order valence-corrected chi connectivity index (χ4v) is 3.02. The van der Waals surface area contributed by atoms with Crippen LogP contribution >= 0.6 is 0 Å². The minimum absolute atomic E-state index is 0.109. The number of ether oxygens (including phenoxy) is 1.